The van der Waals surface area contributed by atoms with Crippen LogP contribution in [0.1, 0.15) is 24.5 Å². The maximum Gasteiger partial charge on any atom is 0.128 e. The van der Waals surface area contributed by atoms with Crippen LogP contribution in [-0.2, 0) is 13.1 Å². The van der Waals surface area contributed by atoms with E-state index in [1.165, 1.54) is 5.56 Å². The molecule has 0 amide bonds. The standard InChI is InChI=1S/C17H22ClN3/c1-3-9-19-11-15-10-17(20-12-16(15)18)21(2)13-14-7-5-4-6-8-14/h4-8,10,12,19H,3,9,11,13H2,1-2H3. The zero-order chi connectivity index (χ0) is 15.1. The molecule has 4 heteroatoms. The minimum absolute atomic E-state index is 0.718. The number of pyridine rings is 1. The summed E-state index contributed by atoms with van der Waals surface area (Å²) in [6.45, 7) is 4.76. The molecule has 0 aliphatic heterocycles. The molecule has 112 valence electrons. The van der Waals surface area contributed by atoms with E-state index in [-0.39, 0.29) is 0 Å². The van der Waals surface area contributed by atoms with Crippen LogP contribution in [0, 0.1) is 0 Å². The fourth-order valence-corrected chi connectivity index (χ4v) is 2.32. The Labute approximate surface area is 132 Å². The topological polar surface area (TPSA) is 28.2 Å². The molecule has 0 aliphatic rings. The molecular weight excluding hydrogens is 282 g/mol. The number of benzene rings is 1. The molecule has 0 aliphatic carbocycles. The molecule has 0 radical (unpaired) electrons. The minimum Gasteiger partial charge on any atom is -0.355 e. The number of hydrogen-bond donors (Lipinski definition) is 1. The Morgan fingerprint density at radius 2 is 2.00 bits per heavy atom. The van der Waals surface area contributed by atoms with Crippen LogP contribution in [0.15, 0.2) is 42.6 Å². The molecule has 1 aromatic heterocycles. The number of anilines is 1. The largest absolute Gasteiger partial charge is 0.355 e. The summed E-state index contributed by atoms with van der Waals surface area (Å²) in [5.74, 6) is 0.941. The number of hydrogen-bond acceptors (Lipinski definition) is 3. The molecule has 0 saturated heterocycles. The summed E-state index contributed by atoms with van der Waals surface area (Å²) in [5, 5.41) is 4.10. The van der Waals surface area contributed by atoms with Gasteiger partial charge >= 0.3 is 0 Å². The van der Waals surface area contributed by atoms with Gasteiger partial charge in [-0.2, -0.15) is 0 Å². The van der Waals surface area contributed by atoms with Crippen molar-refractivity contribution in [2.75, 3.05) is 18.5 Å². The first-order valence-electron chi connectivity index (χ1n) is 7.31. The maximum atomic E-state index is 6.22. The van der Waals surface area contributed by atoms with E-state index in [1.54, 1.807) is 6.20 Å². The summed E-state index contributed by atoms with van der Waals surface area (Å²) < 4.78 is 0. The molecule has 0 atom stereocenters. The summed E-state index contributed by atoms with van der Waals surface area (Å²) in [4.78, 5) is 6.56. The number of nitrogens with zero attached hydrogens (tertiary/aromatic N) is 2. The van der Waals surface area contributed by atoms with Gasteiger partial charge in [0.2, 0.25) is 0 Å². The lowest BCUT2D eigenvalue weighted by Gasteiger charge is -2.19. The average Bonchev–Trinajstić information content (AvgIpc) is 2.50. The second kappa shape index (κ2) is 8.01. The van der Waals surface area contributed by atoms with Crippen molar-refractivity contribution in [1.29, 1.82) is 0 Å². The van der Waals surface area contributed by atoms with Gasteiger partial charge in [-0.1, -0.05) is 48.9 Å². The summed E-state index contributed by atoms with van der Waals surface area (Å²) in [5.41, 5.74) is 2.36. The first-order chi connectivity index (χ1) is 10.2. The lowest BCUT2D eigenvalue weighted by atomic mass is 10.2. The van der Waals surface area contributed by atoms with Gasteiger partial charge in [0.15, 0.2) is 0 Å². The van der Waals surface area contributed by atoms with Crippen molar-refractivity contribution in [3.8, 4) is 0 Å². The normalized spacial score (nSPS) is 10.6. The van der Waals surface area contributed by atoms with Gasteiger partial charge in [0.25, 0.3) is 0 Å². The second-order valence-corrected chi connectivity index (χ2v) is 5.56. The van der Waals surface area contributed by atoms with Gasteiger partial charge in [-0.05, 0) is 30.2 Å². The summed E-state index contributed by atoms with van der Waals surface area (Å²) in [6.07, 6.45) is 2.85. The predicted molar refractivity (Wildman–Crippen MR) is 89.8 cm³/mol. The Morgan fingerprint density at radius 3 is 2.71 bits per heavy atom. The highest BCUT2D eigenvalue weighted by Crippen LogP contribution is 2.21. The molecule has 3 nitrogen and oxygen atoms in total. The van der Waals surface area contributed by atoms with E-state index in [0.717, 1.165) is 42.5 Å². The monoisotopic (exact) mass is 303 g/mol. The van der Waals surface area contributed by atoms with Crippen molar-refractivity contribution in [3.63, 3.8) is 0 Å². The van der Waals surface area contributed by atoms with Gasteiger partial charge in [-0.25, -0.2) is 4.98 Å². The number of nitrogens with one attached hydrogen (secondary N) is 1. The van der Waals surface area contributed by atoms with Crippen molar-refractivity contribution in [1.82, 2.24) is 10.3 Å². The molecule has 0 fully saturated rings. The third-order valence-corrected chi connectivity index (χ3v) is 3.66. The van der Waals surface area contributed by atoms with Crippen LogP contribution in [0.3, 0.4) is 0 Å². The highest BCUT2D eigenvalue weighted by Gasteiger charge is 2.07. The lowest BCUT2D eigenvalue weighted by molar-refractivity contribution is 0.674. The molecule has 21 heavy (non-hydrogen) atoms. The number of halogens is 1. The van der Waals surface area contributed by atoms with E-state index in [2.05, 4.69) is 52.5 Å². The highest BCUT2D eigenvalue weighted by atomic mass is 35.5. The van der Waals surface area contributed by atoms with Crippen molar-refractivity contribution in [2.24, 2.45) is 0 Å². The van der Waals surface area contributed by atoms with E-state index >= 15 is 0 Å². The van der Waals surface area contributed by atoms with Gasteiger partial charge < -0.3 is 10.2 Å². The molecule has 2 rings (SSSR count). The molecule has 1 aromatic carbocycles. The van der Waals surface area contributed by atoms with E-state index in [9.17, 15) is 0 Å². The SMILES string of the molecule is CCCNCc1cc(N(C)Cc2ccccc2)ncc1Cl. The van der Waals surface area contributed by atoms with Gasteiger partial charge in [-0.15, -0.1) is 0 Å². The van der Waals surface area contributed by atoms with Gasteiger partial charge in [0.05, 0.1) is 5.02 Å². The van der Waals surface area contributed by atoms with Crippen LogP contribution in [0.2, 0.25) is 5.02 Å². The highest BCUT2D eigenvalue weighted by molar-refractivity contribution is 6.31. The quantitative estimate of drug-likeness (QED) is 0.787. The van der Waals surface area contributed by atoms with Gasteiger partial charge in [0.1, 0.15) is 5.82 Å². The van der Waals surface area contributed by atoms with Crippen molar-refractivity contribution in [3.05, 3.63) is 58.7 Å². The summed E-state index contributed by atoms with van der Waals surface area (Å²) in [6, 6.07) is 12.4. The zero-order valence-corrected chi connectivity index (χ0v) is 13.4. The van der Waals surface area contributed by atoms with Crippen LogP contribution < -0.4 is 10.2 Å². The van der Waals surface area contributed by atoms with Crippen molar-refractivity contribution in [2.45, 2.75) is 26.4 Å². The Balaban J connectivity index is 2.06. The van der Waals surface area contributed by atoms with E-state index in [4.69, 9.17) is 11.6 Å². The number of rotatable bonds is 7. The Kier molecular flexibility index (Phi) is 6.03. The molecule has 0 spiro atoms. The van der Waals surface area contributed by atoms with Crippen molar-refractivity contribution < 1.29 is 0 Å². The van der Waals surface area contributed by atoms with E-state index < -0.39 is 0 Å². The second-order valence-electron chi connectivity index (χ2n) is 5.15. The third kappa shape index (κ3) is 4.73. The van der Waals surface area contributed by atoms with Crippen LogP contribution in [0.25, 0.3) is 0 Å². The maximum absolute atomic E-state index is 6.22. The summed E-state index contributed by atoms with van der Waals surface area (Å²) in [7, 11) is 2.05. The van der Waals surface area contributed by atoms with E-state index in [1.807, 2.05) is 13.1 Å². The van der Waals surface area contributed by atoms with Crippen LogP contribution in [0.5, 0.6) is 0 Å². The number of aromatic nitrogens is 1. The Bertz CT molecular complexity index is 557. The molecular formula is C17H22ClN3. The molecule has 1 N–H and O–H groups in total. The van der Waals surface area contributed by atoms with Gasteiger partial charge in [-0.3, -0.25) is 0 Å². The first-order valence-corrected chi connectivity index (χ1v) is 7.68. The average molecular weight is 304 g/mol. The summed E-state index contributed by atoms with van der Waals surface area (Å²) >= 11 is 6.22. The molecule has 1 heterocycles. The van der Waals surface area contributed by atoms with Crippen molar-refractivity contribution >= 4 is 17.4 Å². The fraction of sp³-hybridized carbons (Fsp3) is 0.353. The zero-order valence-electron chi connectivity index (χ0n) is 12.6. The molecule has 0 saturated carbocycles. The first kappa shape index (κ1) is 15.8. The van der Waals surface area contributed by atoms with Gasteiger partial charge in [0, 0.05) is 26.3 Å². The smallest absolute Gasteiger partial charge is 0.128 e. The third-order valence-electron chi connectivity index (χ3n) is 3.32. The molecule has 0 unspecified atom stereocenters. The van der Waals surface area contributed by atoms with Crippen LogP contribution in [-0.4, -0.2) is 18.6 Å². The molecule has 2 aromatic rings. The Morgan fingerprint density at radius 1 is 1.24 bits per heavy atom. The predicted octanol–water partition coefficient (Wildman–Crippen LogP) is 3.87. The minimum atomic E-state index is 0.718. The Hall–Kier alpha value is -1.58. The van der Waals surface area contributed by atoms with Crippen LogP contribution in [0.4, 0.5) is 5.82 Å². The fourth-order valence-electron chi connectivity index (χ4n) is 2.15. The van der Waals surface area contributed by atoms with E-state index in [0.29, 0.717) is 0 Å². The van der Waals surface area contributed by atoms with Crippen LogP contribution >= 0.6 is 11.6 Å². The molecule has 0 bridgehead atoms. The lowest BCUT2D eigenvalue weighted by Crippen LogP contribution is -2.19.